The lowest BCUT2D eigenvalue weighted by Gasteiger charge is -2.25. The number of fused-ring (bicyclic) bond motifs is 1. The quantitative estimate of drug-likeness (QED) is 0.815. The van der Waals surface area contributed by atoms with Gasteiger partial charge in [0.15, 0.2) is 11.5 Å². The minimum atomic E-state index is -0.0261. The van der Waals surface area contributed by atoms with Crippen LogP contribution in [0.3, 0.4) is 0 Å². The molecule has 4 heteroatoms. The summed E-state index contributed by atoms with van der Waals surface area (Å²) in [7, 11) is 0. The second-order valence-electron chi connectivity index (χ2n) is 2.88. The Morgan fingerprint density at radius 2 is 2.31 bits per heavy atom. The van der Waals surface area contributed by atoms with E-state index in [1.165, 1.54) is 0 Å². The minimum absolute atomic E-state index is 0.0261. The average Bonchev–Trinajstić information content (AvgIpc) is 2.16. The SMILES string of the molecule is NCC1COc2ccc(Br)cc2O1. The molecule has 3 nitrogen and oxygen atoms in total. The number of benzene rings is 1. The summed E-state index contributed by atoms with van der Waals surface area (Å²) in [6, 6.07) is 5.69. The van der Waals surface area contributed by atoms with Gasteiger partial charge in [-0.25, -0.2) is 0 Å². The monoisotopic (exact) mass is 243 g/mol. The van der Waals surface area contributed by atoms with Gasteiger partial charge in [-0.05, 0) is 18.2 Å². The molecule has 0 saturated heterocycles. The van der Waals surface area contributed by atoms with Gasteiger partial charge in [0.2, 0.25) is 0 Å². The molecular weight excluding hydrogens is 234 g/mol. The number of ether oxygens (including phenoxy) is 2. The summed E-state index contributed by atoms with van der Waals surface area (Å²) in [4.78, 5) is 0. The van der Waals surface area contributed by atoms with Crippen LogP contribution in [0.4, 0.5) is 0 Å². The second-order valence-corrected chi connectivity index (χ2v) is 3.79. The lowest BCUT2D eigenvalue weighted by Crippen LogP contribution is -2.35. The number of nitrogens with two attached hydrogens (primary N) is 1. The van der Waals surface area contributed by atoms with Crippen molar-refractivity contribution in [1.82, 2.24) is 0 Å². The first-order valence-electron chi connectivity index (χ1n) is 4.08. The van der Waals surface area contributed by atoms with Crippen LogP contribution in [0.5, 0.6) is 11.5 Å². The summed E-state index contributed by atoms with van der Waals surface area (Å²) in [5.41, 5.74) is 5.48. The Morgan fingerprint density at radius 1 is 1.46 bits per heavy atom. The molecule has 1 aromatic carbocycles. The van der Waals surface area contributed by atoms with Gasteiger partial charge < -0.3 is 15.2 Å². The molecule has 2 N–H and O–H groups in total. The maximum absolute atomic E-state index is 5.58. The molecule has 70 valence electrons. The van der Waals surface area contributed by atoms with Crippen molar-refractivity contribution >= 4 is 15.9 Å². The van der Waals surface area contributed by atoms with Crippen molar-refractivity contribution in [2.24, 2.45) is 5.73 Å². The van der Waals surface area contributed by atoms with Crippen LogP contribution >= 0.6 is 15.9 Å². The molecule has 0 aliphatic carbocycles. The third kappa shape index (κ3) is 1.78. The summed E-state index contributed by atoms with van der Waals surface area (Å²) in [6.45, 7) is 1.01. The zero-order valence-electron chi connectivity index (χ0n) is 7.00. The molecule has 1 atom stereocenters. The molecule has 1 aliphatic rings. The number of halogens is 1. The van der Waals surface area contributed by atoms with Gasteiger partial charge in [0.25, 0.3) is 0 Å². The molecule has 0 saturated carbocycles. The van der Waals surface area contributed by atoms with Crippen molar-refractivity contribution in [3.63, 3.8) is 0 Å². The van der Waals surface area contributed by atoms with Crippen LogP contribution < -0.4 is 15.2 Å². The Hall–Kier alpha value is -0.740. The Morgan fingerprint density at radius 3 is 3.08 bits per heavy atom. The van der Waals surface area contributed by atoms with E-state index in [-0.39, 0.29) is 6.10 Å². The van der Waals surface area contributed by atoms with E-state index in [4.69, 9.17) is 15.2 Å². The van der Waals surface area contributed by atoms with Gasteiger partial charge in [0, 0.05) is 11.0 Å². The van der Waals surface area contributed by atoms with Crippen LogP contribution in [-0.4, -0.2) is 19.3 Å². The van der Waals surface area contributed by atoms with Crippen molar-refractivity contribution in [1.29, 1.82) is 0 Å². The van der Waals surface area contributed by atoms with E-state index in [1.54, 1.807) is 0 Å². The van der Waals surface area contributed by atoms with Crippen molar-refractivity contribution in [2.75, 3.05) is 13.2 Å². The van der Waals surface area contributed by atoms with Gasteiger partial charge in [-0.2, -0.15) is 0 Å². The molecule has 1 aromatic rings. The average molecular weight is 244 g/mol. The first-order valence-corrected chi connectivity index (χ1v) is 4.88. The molecule has 1 aliphatic heterocycles. The molecule has 1 unspecified atom stereocenters. The zero-order valence-corrected chi connectivity index (χ0v) is 8.58. The lowest BCUT2D eigenvalue weighted by atomic mass is 10.2. The molecular formula is C9H10BrNO2. The molecule has 0 spiro atoms. The normalized spacial score (nSPS) is 20.0. The Labute approximate surface area is 85.0 Å². The minimum Gasteiger partial charge on any atom is -0.486 e. The standard InChI is InChI=1S/C9H10BrNO2/c10-6-1-2-8-9(3-6)13-7(4-11)5-12-8/h1-3,7H,4-5,11H2. The Kier molecular flexibility index (Phi) is 2.42. The molecule has 1 heterocycles. The summed E-state index contributed by atoms with van der Waals surface area (Å²) >= 11 is 3.37. The van der Waals surface area contributed by atoms with E-state index in [2.05, 4.69) is 15.9 Å². The highest BCUT2D eigenvalue weighted by atomic mass is 79.9. The summed E-state index contributed by atoms with van der Waals surface area (Å²) in [6.07, 6.45) is -0.0261. The smallest absolute Gasteiger partial charge is 0.162 e. The molecule has 0 radical (unpaired) electrons. The fourth-order valence-corrected chi connectivity index (χ4v) is 1.55. The number of hydrogen-bond donors (Lipinski definition) is 1. The summed E-state index contributed by atoms with van der Waals surface area (Å²) in [5, 5.41) is 0. The van der Waals surface area contributed by atoms with Gasteiger partial charge in [-0.1, -0.05) is 15.9 Å². The summed E-state index contributed by atoms with van der Waals surface area (Å²) in [5.74, 6) is 1.55. The van der Waals surface area contributed by atoms with E-state index in [0.29, 0.717) is 13.2 Å². The van der Waals surface area contributed by atoms with Crippen LogP contribution in [0.15, 0.2) is 22.7 Å². The van der Waals surface area contributed by atoms with Crippen LogP contribution in [0.2, 0.25) is 0 Å². The highest BCUT2D eigenvalue weighted by molar-refractivity contribution is 9.10. The van der Waals surface area contributed by atoms with Gasteiger partial charge in [0.1, 0.15) is 12.7 Å². The van der Waals surface area contributed by atoms with Crippen LogP contribution in [0, 0.1) is 0 Å². The van der Waals surface area contributed by atoms with Crippen LogP contribution in [-0.2, 0) is 0 Å². The van der Waals surface area contributed by atoms with Crippen LogP contribution in [0.25, 0.3) is 0 Å². The Balaban J connectivity index is 2.27. The number of rotatable bonds is 1. The molecule has 0 bridgehead atoms. The largest absolute Gasteiger partial charge is 0.486 e. The third-order valence-corrected chi connectivity index (χ3v) is 2.38. The zero-order chi connectivity index (χ0) is 9.26. The first kappa shape index (κ1) is 8.84. The van der Waals surface area contributed by atoms with Gasteiger partial charge in [-0.15, -0.1) is 0 Å². The van der Waals surface area contributed by atoms with Crippen LogP contribution in [0.1, 0.15) is 0 Å². The molecule has 0 amide bonds. The van der Waals surface area contributed by atoms with E-state index < -0.39 is 0 Å². The second kappa shape index (κ2) is 3.55. The fraction of sp³-hybridized carbons (Fsp3) is 0.333. The van der Waals surface area contributed by atoms with E-state index >= 15 is 0 Å². The van der Waals surface area contributed by atoms with Gasteiger partial charge in [-0.3, -0.25) is 0 Å². The number of hydrogen-bond acceptors (Lipinski definition) is 3. The lowest BCUT2D eigenvalue weighted by molar-refractivity contribution is 0.0968. The van der Waals surface area contributed by atoms with Gasteiger partial charge in [0.05, 0.1) is 0 Å². The third-order valence-electron chi connectivity index (χ3n) is 1.89. The molecule has 0 aromatic heterocycles. The highest BCUT2D eigenvalue weighted by Gasteiger charge is 2.19. The highest BCUT2D eigenvalue weighted by Crippen LogP contribution is 2.33. The molecule has 0 fully saturated rings. The summed E-state index contributed by atoms with van der Waals surface area (Å²) < 4.78 is 12.0. The molecule has 13 heavy (non-hydrogen) atoms. The fourth-order valence-electron chi connectivity index (χ4n) is 1.21. The van der Waals surface area contributed by atoms with Crippen molar-refractivity contribution in [3.05, 3.63) is 22.7 Å². The van der Waals surface area contributed by atoms with Crippen molar-refractivity contribution in [3.8, 4) is 11.5 Å². The van der Waals surface area contributed by atoms with E-state index in [0.717, 1.165) is 16.0 Å². The molecule has 2 rings (SSSR count). The van der Waals surface area contributed by atoms with Crippen molar-refractivity contribution < 1.29 is 9.47 Å². The first-order chi connectivity index (χ1) is 6.29. The van der Waals surface area contributed by atoms with E-state index in [9.17, 15) is 0 Å². The maximum atomic E-state index is 5.58. The topological polar surface area (TPSA) is 44.5 Å². The van der Waals surface area contributed by atoms with Crippen molar-refractivity contribution in [2.45, 2.75) is 6.10 Å². The van der Waals surface area contributed by atoms with Gasteiger partial charge >= 0.3 is 0 Å². The Bertz CT molecular complexity index is 316. The predicted molar refractivity (Wildman–Crippen MR) is 53.1 cm³/mol. The maximum Gasteiger partial charge on any atom is 0.162 e. The van der Waals surface area contributed by atoms with E-state index in [1.807, 2.05) is 18.2 Å². The predicted octanol–water partition coefficient (Wildman–Crippen LogP) is 1.55.